The molecule has 0 radical (unpaired) electrons. The van der Waals surface area contributed by atoms with Crippen molar-refractivity contribution in [1.82, 2.24) is 9.97 Å². The van der Waals surface area contributed by atoms with Gasteiger partial charge in [0.2, 0.25) is 5.28 Å². The van der Waals surface area contributed by atoms with Crippen molar-refractivity contribution in [3.05, 3.63) is 35.4 Å². The van der Waals surface area contributed by atoms with E-state index in [-0.39, 0.29) is 11.9 Å². The van der Waals surface area contributed by atoms with Gasteiger partial charge in [0.1, 0.15) is 5.69 Å². The summed E-state index contributed by atoms with van der Waals surface area (Å²) in [5, 5.41) is 9.00. The fourth-order valence-electron chi connectivity index (χ4n) is 1.06. The first-order valence-corrected chi connectivity index (χ1v) is 4.34. The average Bonchev–Trinajstić information content (AvgIpc) is 2.66. The van der Waals surface area contributed by atoms with Crippen molar-refractivity contribution >= 4 is 11.6 Å². The molecule has 0 unspecified atom stereocenters. The highest BCUT2D eigenvalue weighted by Crippen LogP contribution is 2.20. The van der Waals surface area contributed by atoms with Gasteiger partial charge in [-0.2, -0.15) is 0 Å². The molecule has 0 aromatic carbocycles. The standard InChI is InChI=1S/C9H7ClN2O2/c10-9-11-2-1-7(12-9)8-3-6(4-13)5-14-8/h1-3,5,13H,4H2. The van der Waals surface area contributed by atoms with Crippen molar-refractivity contribution in [2.45, 2.75) is 6.61 Å². The summed E-state index contributed by atoms with van der Waals surface area (Å²) < 4.78 is 5.19. The number of halogens is 1. The van der Waals surface area contributed by atoms with E-state index >= 15 is 0 Å². The Bertz CT molecular complexity index is 442. The highest BCUT2D eigenvalue weighted by atomic mass is 35.5. The number of aliphatic hydroxyl groups is 1. The Morgan fingerprint density at radius 3 is 3.00 bits per heavy atom. The molecular formula is C9H7ClN2O2. The molecule has 0 amide bonds. The van der Waals surface area contributed by atoms with Crippen LogP contribution < -0.4 is 0 Å². The summed E-state index contributed by atoms with van der Waals surface area (Å²) in [6.45, 7) is -0.0533. The van der Waals surface area contributed by atoms with Gasteiger partial charge in [-0.25, -0.2) is 9.97 Å². The van der Waals surface area contributed by atoms with Crippen molar-refractivity contribution in [2.75, 3.05) is 0 Å². The molecule has 2 aromatic rings. The van der Waals surface area contributed by atoms with Crippen LogP contribution in [-0.4, -0.2) is 15.1 Å². The van der Waals surface area contributed by atoms with Crippen LogP contribution in [0.3, 0.4) is 0 Å². The Morgan fingerprint density at radius 1 is 1.50 bits per heavy atom. The van der Waals surface area contributed by atoms with Crippen LogP contribution in [0.2, 0.25) is 5.28 Å². The Hall–Kier alpha value is -1.39. The van der Waals surface area contributed by atoms with E-state index in [9.17, 15) is 0 Å². The van der Waals surface area contributed by atoms with Crippen LogP contribution in [0.5, 0.6) is 0 Å². The fraction of sp³-hybridized carbons (Fsp3) is 0.111. The monoisotopic (exact) mass is 210 g/mol. The molecule has 0 spiro atoms. The lowest BCUT2D eigenvalue weighted by Gasteiger charge is -1.94. The molecule has 5 heteroatoms. The quantitative estimate of drug-likeness (QED) is 0.769. The molecule has 2 aromatic heterocycles. The van der Waals surface area contributed by atoms with Crippen LogP contribution in [0.25, 0.3) is 11.5 Å². The van der Waals surface area contributed by atoms with Gasteiger partial charge in [-0.1, -0.05) is 0 Å². The minimum absolute atomic E-state index is 0.0533. The largest absolute Gasteiger partial charge is 0.462 e. The zero-order valence-electron chi connectivity index (χ0n) is 7.14. The van der Waals surface area contributed by atoms with Crippen LogP contribution in [0, 0.1) is 0 Å². The Morgan fingerprint density at radius 2 is 2.36 bits per heavy atom. The smallest absolute Gasteiger partial charge is 0.222 e. The van der Waals surface area contributed by atoms with Gasteiger partial charge in [-0.05, 0) is 23.7 Å². The Kier molecular flexibility index (Phi) is 2.47. The number of nitrogens with zero attached hydrogens (tertiary/aromatic N) is 2. The molecule has 0 fully saturated rings. The lowest BCUT2D eigenvalue weighted by molar-refractivity contribution is 0.280. The van der Waals surface area contributed by atoms with E-state index in [0.717, 1.165) is 0 Å². The molecule has 4 nitrogen and oxygen atoms in total. The van der Waals surface area contributed by atoms with Gasteiger partial charge < -0.3 is 9.52 Å². The second-order valence-electron chi connectivity index (χ2n) is 2.69. The molecule has 0 aliphatic rings. The summed E-state index contributed by atoms with van der Waals surface area (Å²) in [6, 6.07) is 3.39. The summed E-state index contributed by atoms with van der Waals surface area (Å²) in [4.78, 5) is 7.73. The normalized spacial score (nSPS) is 10.4. The summed E-state index contributed by atoms with van der Waals surface area (Å²) in [7, 11) is 0. The van der Waals surface area contributed by atoms with E-state index in [0.29, 0.717) is 17.0 Å². The maximum Gasteiger partial charge on any atom is 0.222 e. The molecule has 0 aliphatic heterocycles. The maximum atomic E-state index is 8.83. The summed E-state index contributed by atoms with van der Waals surface area (Å²) in [5.41, 5.74) is 1.31. The first-order valence-electron chi connectivity index (χ1n) is 3.97. The third-order valence-corrected chi connectivity index (χ3v) is 1.90. The molecule has 0 bridgehead atoms. The molecule has 2 heterocycles. The number of rotatable bonds is 2. The van der Waals surface area contributed by atoms with E-state index in [2.05, 4.69) is 9.97 Å². The van der Waals surface area contributed by atoms with Crippen molar-refractivity contribution < 1.29 is 9.52 Å². The van der Waals surface area contributed by atoms with Crippen LogP contribution >= 0.6 is 11.6 Å². The van der Waals surface area contributed by atoms with Gasteiger partial charge in [0.25, 0.3) is 0 Å². The third-order valence-electron chi connectivity index (χ3n) is 1.71. The van der Waals surface area contributed by atoms with Crippen LogP contribution in [0.1, 0.15) is 5.56 Å². The van der Waals surface area contributed by atoms with Gasteiger partial charge >= 0.3 is 0 Å². The van der Waals surface area contributed by atoms with Crippen LogP contribution in [0.4, 0.5) is 0 Å². The van der Waals surface area contributed by atoms with Crippen molar-refractivity contribution in [3.63, 3.8) is 0 Å². The highest BCUT2D eigenvalue weighted by molar-refractivity contribution is 6.28. The predicted molar refractivity (Wildman–Crippen MR) is 50.7 cm³/mol. The van der Waals surface area contributed by atoms with E-state index in [1.165, 1.54) is 6.26 Å². The Labute approximate surface area is 85.2 Å². The van der Waals surface area contributed by atoms with E-state index < -0.39 is 0 Å². The van der Waals surface area contributed by atoms with Gasteiger partial charge in [-0.3, -0.25) is 0 Å². The molecule has 0 saturated carbocycles. The number of aromatic nitrogens is 2. The van der Waals surface area contributed by atoms with Crippen LogP contribution in [0.15, 0.2) is 29.0 Å². The summed E-state index contributed by atoms with van der Waals surface area (Å²) in [6.07, 6.45) is 3.02. The van der Waals surface area contributed by atoms with Gasteiger partial charge in [0, 0.05) is 11.8 Å². The zero-order valence-corrected chi connectivity index (χ0v) is 7.90. The van der Waals surface area contributed by atoms with Crippen molar-refractivity contribution in [2.24, 2.45) is 0 Å². The molecule has 1 N–H and O–H groups in total. The molecule has 2 rings (SSSR count). The number of hydrogen-bond acceptors (Lipinski definition) is 4. The van der Waals surface area contributed by atoms with Gasteiger partial charge in [0.05, 0.1) is 12.9 Å². The van der Waals surface area contributed by atoms with Gasteiger partial charge in [0.15, 0.2) is 5.76 Å². The van der Waals surface area contributed by atoms with E-state index in [4.69, 9.17) is 21.1 Å². The van der Waals surface area contributed by atoms with Crippen molar-refractivity contribution in [1.29, 1.82) is 0 Å². The summed E-state index contributed by atoms with van der Waals surface area (Å²) in [5.74, 6) is 0.568. The average molecular weight is 211 g/mol. The topological polar surface area (TPSA) is 59.2 Å². The van der Waals surface area contributed by atoms with Crippen molar-refractivity contribution in [3.8, 4) is 11.5 Å². The molecule has 0 saturated heterocycles. The number of furan rings is 1. The first-order chi connectivity index (χ1) is 6.79. The fourth-order valence-corrected chi connectivity index (χ4v) is 1.21. The lowest BCUT2D eigenvalue weighted by Crippen LogP contribution is -1.84. The SMILES string of the molecule is OCc1coc(-c2ccnc(Cl)n2)c1. The molecule has 14 heavy (non-hydrogen) atoms. The molecular weight excluding hydrogens is 204 g/mol. The minimum atomic E-state index is -0.0533. The highest BCUT2D eigenvalue weighted by Gasteiger charge is 2.05. The second kappa shape index (κ2) is 3.77. The van der Waals surface area contributed by atoms with E-state index in [1.54, 1.807) is 18.3 Å². The molecule has 0 atom stereocenters. The number of hydrogen-bond donors (Lipinski definition) is 1. The predicted octanol–water partition coefficient (Wildman–Crippen LogP) is 1.88. The Balaban J connectivity index is 2.39. The molecule has 72 valence electrons. The number of aliphatic hydroxyl groups excluding tert-OH is 1. The van der Waals surface area contributed by atoms with E-state index in [1.807, 2.05) is 0 Å². The maximum absolute atomic E-state index is 8.83. The third kappa shape index (κ3) is 1.76. The minimum Gasteiger partial charge on any atom is -0.462 e. The zero-order chi connectivity index (χ0) is 9.97. The lowest BCUT2D eigenvalue weighted by atomic mass is 10.3. The first kappa shape index (κ1) is 9.18. The van der Waals surface area contributed by atoms with Crippen LogP contribution in [-0.2, 0) is 6.61 Å². The second-order valence-corrected chi connectivity index (χ2v) is 3.03. The molecule has 0 aliphatic carbocycles. The summed E-state index contributed by atoms with van der Waals surface area (Å²) >= 11 is 5.62. The van der Waals surface area contributed by atoms with Gasteiger partial charge in [-0.15, -0.1) is 0 Å².